The lowest BCUT2D eigenvalue weighted by Crippen LogP contribution is -2.77. The Morgan fingerprint density at radius 2 is 0.971 bits per heavy atom. The van der Waals surface area contributed by atoms with Gasteiger partial charge in [0, 0.05) is 53.0 Å². The summed E-state index contributed by atoms with van der Waals surface area (Å²) in [4.78, 5) is 7.90. The van der Waals surface area contributed by atoms with E-state index in [0.717, 1.165) is 38.8 Å². The van der Waals surface area contributed by atoms with Crippen LogP contribution in [-0.2, 0) is 0 Å². The molecular formula is C64H40BNOS2Si. The van der Waals surface area contributed by atoms with Gasteiger partial charge in [-0.15, -0.1) is 0 Å². The average molecular weight is 942 g/mol. The third-order valence-corrected chi connectivity index (χ3v) is 22.2. The van der Waals surface area contributed by atoms with Crippen molar-refractivity contribution in [2.75, 3.05) is 4.90 Å². The molecule has 0 N–H and O–H groups in total. The van der Waals surface area contributed by atoms with Gasteiger partial charge in [-0.2, -0.15) is 0 Å². The molecule has 0 atom stereocenters. The summed E-state index contributed by atoms with van der Waals surface area (Å²) in [6.07, 6.45) is 0. The van der Waals surface area contributed by atoms with E-state index in [1.165, 1.54) is 90.0 Å². The smallest absolute Gasteiger partial charge is 0.247 e. The molecule has 0 bridgehead atoms. The Morgan fingerprint density at radius 3 is 1.71 bits per heavy atom. The molecule has 326 valence electrons. The van der Waals surface area contributed by atoms with Crippen LogP contribution in [0.15, 0.2) is 267 Å². The van der Waals surface area contributed by atoms with Crippen LogP contribution in [0.1, 0.15) is 0 Å². The third-order valence-electron chi connectivity index (χ3n) is 15.0. The standard InChI is InChI=1S/C64H40BNOS2Si/c1-3-19-45(20-4-1)70(46-21-5-2-6-22-46)61-36-34-42(49-26-16-27-51-50-24-9-12-30-56(50)67-64(49)51)37-55(61)66(54-35-33-43(38-62(54)70)48-25-15-18-41-17-7-8-23-47(41)48)44-39-59-63-60(40-44)69-58-32-14-11-29-53(58)65(63)52-28-10-13-31-57(52)68-59/h1-40H. The first-order valence-electron chi connectivity index (χ1n) is 24.0. The molecule has 0 saturated heterocycles. The van der Waals surface area contributed by atoms with Gasteiger partial charge in [-0.25, -0.2) is 0 Å². The molecule has 3 aliphatic heterocycles. The molecule has 0 unspecified atom stereocenters. The molecule has 0 fully saturated rings. The first kappa shape index (κ1) is 40.2. The Labute approximate surface area is 416 Å². The Kier molecular flexibility index (Phi) is 8.98. The molecule has 2 nitrogen and oxygen atoms in total. The monoisotopic (exact) mass is 941 g/mol. The summed E-state index contributed by atoms with van der Waals surface area (Å²) in [5, 5.41) is 10.2. The first-order chi connectivity index (χ1) is 34.7. The van der Waals surface area contributed by atoms with E-state index in [9.17, 15) is 0 Å². The lowest BCUT2D eigenvalue weighted by atomic mass is 9.36. The highest BCUT2D eigenvalue weighted by Crippen LogP contribution is 2.47. The van der Waals surface area contributed by atoms with Gasteiger partial charge in [-0.3, -0.25) is 0 Å². The van der Waals surface area contributed by atoms with Gasteiger partial charge in [0.05, 0.1) is 0 Å². The van der Waals surface area contributed by atoms with E-state index < -0.39 is 8.07 Å². The van der Waals surface area contributed by atoms with Crippen LogP contribution in [0.3, 0.4) is 0 Å². The predicted octanol–water partition coefficient (Wildman–Crippen LogP) is 12.7. The number of furan rings is 1. The zero-order chi connectivity index (χ0) is 45.9. The van der Waals surface area contributed by atoms with Crippen molar-refractivity contribution < 1.29 is 4.42 Å². The van der Waals surface area contributed by atoms with Gasteiger partial charge in [0.1, 0.15) is 11.2 Å². The van der Waals surface area contributed by atoms with Crippen molar-refractivity contribution in [1.29, 1.82) is 0 Å². The number of para-hydroxylation sites is 2. The molecule has 0 radical (unpaired) electrons. The van der Waals surface area contributed by atoms with Crippen LogP contribution in [0.25, 0.3) is 55.0 Å². The Morgan fingerprint density at radius 1 is 0.400 bits per heavy atom. The molecule has 3 aliphatic rings. The van der Waals surface area contributed by atoms with Crippen LogP contribution in [-0.4, -0.2) is 14.8 Å². The number of hydrogen-bond acceptors (Lipinski definition) is 4. The van der Waals surface area contributed by atoms with E-state index in [0.29, 0.717) is 0 Å². The summed E-state index contributed by atoms with van der Waals surface area (Å²) in [7, 11) is -3.11. The van der Waals surface area contributed by atoms with Crippen molar-refractivity contribution in [3.05, 3.63) is 243 Å². The highest BCUT2D eigenvalue weighted by molar-refractivity contribution is 8.01. The average Bonchev–Trinajstić information content (AvgIpc) is 3.82. The highest BCUT2D eigenvalue weighted by Gasteiger charge is 2.50. The predicted molar refractivity (Wildman–Crippen MR) is 300 cm³/mol. The Balaban J connectivity index is 1.05. The zero-order valence-electron chi connectivity index (χ0n) is 37.8. The second-order valence-corrected chi connectivity index (χ2v) is 24.6. The highest BCUT2D eigenvalue weighted by atomic mass is 32.2. The van der Waals surface area contributed by atoms with Crippen LogP contribution >= 0.6 is 23.5 Å². The fourth-order valence-corrected chi connectivity index (χ4v) is 19.7. The lowest BCUT2D eigenvalue weighted by molar-refractivity contribution is 0.670. The Bertz CT molecular complexity index is 4000. The third kappa shape index (κ3) is 5.85. The van der Waals surface area contributed by atoms with Crippen LogP contribution in [0.2, 0.25) is 0 Å². The van der Waals surface area contributed by atoms with Crippen molar-refractivity contribution in [2.24, 2.45) is 0 Å². The van der Waals surface area contributed by atoms with E-state index in [2.05, 4.69) is 248 Å². The van der Waals surface area contributed by atoms with Gasteiger partial charge in [-0.1, -0.05) is 235 Å². The zero-order valence-corrected chi connectivity index (χ0v) is 40.5. The number of rotatable bonds is 5. The van der Waals surface area contributed by atoms with Crippen LogP contribution < -0.4 is 42.0 Å². The maximum Gasteiger partial charge on any atom is 0.247 e. The number of fused-ring (bicyclic) bond motifs is 10. The van der Waals surface area contributed by atoms with Gasteiger partial charge in [0.2, 0.25) is 6.71 Å². The molecule has 11 aromatic carbocycles. The number of benzene rings is 11. The molecule has 70 heavy (non-hydrogen) atoms. The van der Waals surface area contributed by atoms with Crippen molar-refractivity contribution in [3.63, 3.8) is 0 Å². The fourth-order valence-electron chi connectivity index (χ4n) is 12.1. The molecule has 15 rings (SSSR count). The number of nitrogens with zero attached hydrogens (tertiary/aromatic N) is 1. The second kappa shape index (κ2) is 15.6. The van der Waals surface area contributed by atoms with Crippen molar-refractivity contribution in [1.82, 2.24) is 0 Å². The quantitative estimate of drug-likeness (QED) is 0.160. The van der Waals surface area contributed by atoms with Crippen LogP contribution in [0.5, 0.6) is 0 Å². The van der Waals surface area contributed by atoms with E-state index in [-0.39, 0.29) is 6.71 Å². The van der Waals surface area contributed by atoms with Crippen LogP contribution in [0, 0.1) is 0 Å². The minimum Gasteiger partial charge on any atom is -0.455 e. The van der Waals surface area contributed by atoms with Gasteiger partial charge < -0.3 is 9.32 Å². The van der Waals surface area contributed by atoms with Crippen molar-refractivity contribution in [2.45, 2.75) is 19.6 Å². The summed E-state index contributed by atoms with van der Waals surface area (Å²) in [6.45, 7) is 0.172. The fraction of sp³-hybridized carbons (Fsp3) is 0. The Hall–Kier alpha value is -7.74. The van der Waals surface area contributed by atoms with Crippen molar-refractivity contribution >= 4 is 125 Å². The molecule has 0 amide bonds. The number of anilines is 3. The van der Waals surface area contributed by atoms with E-state index >= 15 is 0 Å². The van der Waals surface area contributed by atoms with E-state index in [1.807, 2.05) is 23.5 Å². The summed E-state index contributed by atoms with van der Waals surface area (Å²) in [5.74, 6) is 0. The lowest BCUT2D eigenvalue weighted by Gasteiger charge is -2.46. The summed E-state index contributed by atoms with van der Waals surface area (Å²) in [5.41, 5.74) is 14.3. The maximum atomic E-state index is 6.77. The number of hydrogen-bond donors (Lipinski definition) is 0. The molecule has 0 saturated carbocycles. The molecule has 0 aliphatic carbocycles. The molecule has 12 aromatic rings. The first-order valence-corrected chi connectivity index (χ1v) is 27.6. The van der Waals surface area contributed by atoms with Gasteiger partial charge in [0.25, 0.3) is 0 Å². The van der Waals surface area contributed by atoms with Crippen molar-refractivity contribution in [3.8, 4) is 22.3 Å². The second-order valence-electron chi connectivity index (χ2n) is 18.7. The van der Waals surface area contributed by atoms with Gasteiger partial charge in [0.15, 0.2) is 8.07 Å². The minimum absolute atomic E-state index is 0.172. The van der Waals surface area contributed by atoms with E-state index in [4.69, 9.17) is 4.42 Å². The van der Waals surface area contributed by atoms with Crippen LogP contribution in [0.4, 0.5) is 17.1 Å². The molecule has 0 spiro atoms. The van der Waals surface area contributed by atoms with Gasteiger partial charge >= 0.3 is 0 Å². The van der Waals surface area contributed by atoms with Gasteiger partial charge in [-0.05, 0) is 96.1 Å². The maximum absolute atomic E-state index is 6.77. The normalized spacial score (nSPS) is 13.9. The molecular weight excluding hydrogens is 902 g/mol. The minimum atomic E-state index is -3.11. The largest absolute Gasteiger partial charge is 0.455 e. The van der Waals surface area contributed by atoms with E-state index in [1.54, 1.807) is 0 Å². The topological polar surface area (TPSA) is 16.4 Å². The SMILES string of the molecule is c1ccc([Si]2(c3ccccc3)c3ccc(-c4cccc5c4oc4ccccc45)cc3N(c3cc4c5c(c3)Sc3ccccc3B5c3ccccc3S4)c3ccc(-c4cccc5ccccc45)cc32)cc1. The summed E-state index contributed by atoms with van der Waals surface area (Å²) >= 11 is 3.84. The molecule has 1 aromatic heterocycles. The molecule has 4 heterocycles. The summed E-state index contributed by atoms with van der Waals surface area (Å²) in [6, 6.07) is 91.2. The summed E-state index contributed by atoms with van der Waals surface area (Å²) < 4.78 is 6.77. The molecule has 6 heteroatoms.